The molecule has 0 atom stereocenters. The second-order valence-corrected chi connectivity index (χ2v) is 1.72. The second kappa shape index (κ2) is 2.41. The Kier molecular flexibility index (Phi) is 1.59. The van der Waals surface area contributed by atoms with Crippen molar-refractivity contribution in [2.24, 2.45) is 5.10 Å². The van der Waals surface area contributed by atoms with Crippen molar-refractivity contribution >= 4 is 29.5 Å². The van der Waals surface area contributed by atoms with Crippen LogP contribution in [0.4, 0.5) is 0 Å². The predicted octanol–water partition coefficient (Wildman–Crippen LogP) is -2.19. The van der Waals surface area contributed by atoms with Crippen LogP contribution in [0.15, 0.2) is 5.10 Å². The number of amides is 1. The summed E-state index contributed by atoms with van der Waals surface area (Å²) >= 11 is 0. The molecular weight excluding hydrogens is 152 g/mol. The van der Waals surface area contributed by atoms with Crippen LogP contribution in [-0.4, -0.2) is 29.5 Å². The van der Waals surface area contributed by atoms with E-state index in [4.69, 9.17) is 0 Å². The highest BCUT2D eigenvalue weighted by molar-refractivity contribution is 6.85. The Bertz CT molecular complexity index is 291. The Morgan fingerprint density at radius 3 is 2.36 bits per heavy atom. The molecule has 0 saturated heterocycles. The number of nitrogens with zero attached hydrogens (tertiary/aromatic N) is 1. The molecule has 56 valence electrons. The van der Waals surface area contributed by atoms with E-state index >= 15 is 0 Å². The molecule has 0 aromatic carbocycles. The minimum absolute atomic E-state index is 0.588. The summed E-state index contributed by atoms with van der Waals surface area (Å²) in [5.41, 5.74) is 1.69. The number of hydrazone groups is 1. The third-order valence-corrected chi connectivity index (χ3v) is 0.984. The van der Waals surface area contributed by atoms with Gasteiger partial charge in [0.25, 0.3) is 11.6 Å². The molecule has 1 N–H and O–H groups in total. The van der Waals surface area contributed by atoms with Crippen LogP contribution in [0.1, 0.15) is 0 Å². The SMILES string of the molecule is O=C1C=NNC(=O)C(=O)C1=O. The van der Waals surface area contributed by atoms with Crippen molar-refractivity contribution in [1.82, 2.24) is 5.43 Å². The summed E-state index contributed by atoms with van der Waals surface area (Å²) in [5.74, 6) is -5.01. The van der Waals surface area contributed by atoms with Crippen molar-refractivity contribution < 1.29 is 19.2 Å². The molecule has 1 aliphatic rings. The Balaban J connectivity index is 3.03. The van der Waals surface area contributed by atoms with Gasteiger partial charge in [0.15, 0.2) is 0 Å². The molecule has 1 amide bonds. The molecule has 0 fully saturated rings. The fourth-order valence-electron chi connectivity index (χ4n) is 0.474. The first kappa shape index (κ1) is 7.26. The van der Waals surface area contributed by atoms with Gasteiger partial charge in [-0.05, 0) is 0 Å². The molecular formula is C5H2N2O4. The van der Waals surface area contributed by atoms with E-state index in [-0.39, 0.29) is 0 Å². The van der Waals surface area contributed by atoms with Crippen LogP contribution in [-0.2, 0) is 19.2 Å². The van der Waals surface area contributed by atoms with Crippen LogP contribution in [0, 0.1) is 0 Å². The normalized spacial score (nSPS) is 18.2. The first-order valence-corrected chi connectivity index (χ1v) is 2.59. The van der Waals surface area contributed by atoms with E-state index in [0.717, 1.165) is 0 Å². The van der Waals surface area contributed by atoms with Crippen molar-refractivity contribution in [3.8, 4) is 0 Å². The monoisotopic (exact) mass is 154 g/mol. The summed E-state index contributed by atoms with van der Waals surface area (Å²) < 4.78 is 0. The number of hydrogen-bond acceptors (Lipinski definition) is 5. The summed E-state index contributed by atoms with van der Waals surface area (Å²) in [6.07, 6.45) is 0.588. The number of nitrogens with one attached hydrogen (secondary N) is 1. The number of ketones is 3. The molecule has 11 heavy (non-hydrogen) atoms. The van der Waals surface area contributed by atoms with Gasteiger partial charge in [-0.25, -0.2) is 5.43 Å². The zero-order chi connectivity index (χ0) is 8.43. The fourth-order valence-corrected chi connectivity index (χ4v) is 0.474. The summed E-state index contributed by atoms with van der Waals surface area (Å²) in [5, 5.41) is 3.02. The largest absolute Gasteiger partial charge is 0.316 e. The van der Waals surface area contributed by atoms with Crippen LogP contribution >= 0.6 is 0 Å². The molecule has 1 rings (SSSR count). The van der Waals surface area contributed by atoms with Crippen LogP contribution in [0.3, 0.4) is 0 Å². The highest BCUT2D eigenvalue weighted by atomic mass is 16.2. The van der Waals surface area contributed by atoms with E-state index in [1.54, 1.807) is 5.43 Å². The van der Waals surface area contributed by atoms with Gasteiger partial charge in [0.2, 0.25) is 5.78 Å². The van der Waals surface area contributed by atoms with Gasteiger partial charge >= 0.3 is 5.91 Å². The maximum atomic E-state index is 10.5. The van der Waals surface area contributed by atoms with E-state index in [1.165, 1.54) is 0 Å². The van der Waals surface area contributed by atoms with E-state index in [9.17, 15) is 19.2 Å². The maximum Gasteiger partial charge on any atom is 0.316 e. The summed E-state index contributed by atoms with van der Waals surface area (Å²) in [6, 6.07) is 0. The molecule has 0 aromatic rings. The van der Waals surface area contributed by atoms with Crippen molar-refractivity contribution in [2.45, 2.75) is 0 Å². The molecule has 0 aromatic heterocycles. The summed E-state index contributed by atoms with van der Waals surface area (Å²) in [6.45, 7) is 0. The molecule has 0 unspecified atom stereocenters. The number of carbonyl (C=O) groups excluding carboxylic acids is 4. The Labute approximate surface area is 60.3 Å². The molecule has 0 saturated carbocycles. The van der Waals surface area contributed by atoms with Crippen LogP contribution in [0.25, 0.3) is 0 Å². The smallest absolute Gasteiger partial charge is 0.284 e. The maximum absolute atomic E-state index is 10.5. The average molecular weight is 154 g/mol. The molecule has 6 heteroatoms. The van der Waals surface area contributed by atoms with Crippen LogP contribution in [0.5, 0.6) is 0 Å². The third-order valence-electron chi connectivity index (χ3n) is 0.984. The van der Waals surface area contributed by atoms with Gasteiger partial charge in [0, 0.05) is 0 Å². The lowest BCUT2D eigenvalue weighted by Gasteiger charge is -1.87. The standard InChI is InChI=1S/C5H2N2O4/c8-2-1-6-7-5(11)4(10)3(2)9/h1H,(H,7,11). The first-order valence-electron chi connectivity index (χ1n) is 2.59. The highest BCUT2D eigenvalue weighted by Gasteiger charge is 2.29. The van der Waals surface area contributed by atoms with E-state index in [1.807, 2.05) is 0 Å². The minimum atomic E-state index is -1.38. The van der Waals surface area contributed by atoms with Gasteiger partial charge in [0.1, 0.15) is 0 Å². The van der Waals surface area contributed by atoms with E-state index in [2.05, 4.69) is 5.10 Å². The molecule has 0 radical (unpaired) electrons. The minimum Gasteiger partial charge on any atom is -0.284 e. The molecule has 0 spiro atoms. The molecule has 1 aliphatic heterocycles. The quantitative estimate of drug-likeness (QED) is 0.401. The lowest BCUT2D eigenvalue weighted by atomic mass is 10.2. The van der Waals surface area contributed by atoms with E-state index < -0.39 is 23.3 Å². The Morgan fingerprint density at radius 2 is 1.73 bits per heavy atom. The zero-order valence-electron chi connectivity index (χ0n) is 5.16. The summed E-state index contributed by atoms with van der Waals surface area (Å²) in [4.78, 5) is 41.9. The molecule has 0 aliphatic carbocycles. The van der Waals surface area contributed by atoms with Gasteiger partial charge in [-0.2, -0.15) is 5.10 Å². The van der Waals surface area contributed by atoms with Gasteiger partial charge in [-0.15, -0.1) is 0 Å². The average Bonchev–Trinajstić information content (AvgIpc) is 2.07. The third kappa shape index (κ3) is 1.18. The van der Waals surface area contributed by atoms with Crippen molar-refractivity contribution in [2.75, 3.05) is 0 Å². The van der Waals surface area contributed by atoms with Crippen molar-refractivity contribution in [3.63, 3.8) is 0 Å². The summed E-state index contributed by atoms with van der Waals surface area (Å²) in [7, 11) is 0. The Hall–Kier alpha value is -1.85. The fraction of sp³-hybridized carbons (Fsp3) is 0. The molecule has 0 bridgehead atoms. The topological polar surface area (TPSA) is 92.7 Å². The molecule has 6 nitrogen and oxygen atoms in total. The number of carbonyl (C=O) groups is 4. The molecule has 1 heterocycles. The van der Waals surface area contributed by atoms with Gasteiger partial charge in [-0.1, -0.05) is 0 Å². The second-order valence-electron chi connectivity index (χ2n) is 1.72. The van der Waals surface area contributed by atoms with E-state index in [0.29, 0.717) is 6.21 Å². The number of rotatable bonds is 0. The van der Waals surface area contributed by atoms with Crippen molar-refractivity contribution in [1.29, 1.82) is 0 Å². The first-order chi connectivity index (χ1) is 5.13. The van der Waals surface area contributed by atoms with Crippen LogP contribution < -0.4 is 5.43 Å². The van der Waals surface area contributed by atoms with Crippen LogP contribution in [0.2, 0.25) is 0 Å². The predicted molar refractivity (Wildman–Crippen MR) is 31.7 cm³/mol. The van der Waals surface area contributed by atoms with Crippen molar-refractivity contribution in [3.05, 3.63) is 0 Å². The zero-order valence-corrected chi connectivity index (χ0v) is 5.16. The Morgan fingerprint density at radius 1 is 1.09 bits per heavy atom. The number of hydrogen-bond donors (Lipinski definition) is 1. The van der Waals surface area contributed by atoms with Gasteiger partial charge < -0.3 is 0 Å². The lowest BCUT2D eigenvalue weighted by molar-refractivity contribution is -0.147. The highest BCUT2D eigenvalue weighted by Crippen LogP contribution is 1.84. The number of Topliss-reactive ketones (excluding diaryl/α,β-unsaturated/α-hetero) is 3. The van der Waals surface area contributed by atoms with Gasteiger partial charge in [0.05, 0.1) is 6.21 Å². The van der Waals surface area contributed by atoms with Gasteiger partial charge in [-0.3, -0.25) is 19.2 Å². The lowest BCUT2D eigenvalue weighted by Crippen LogP contribution is -2.33.